The summed E-state index contributed by atoms with van der Waals surface area (Å²) < 4.78 is 0. The lowest BCUT2D eigenvalue weighted by molar-refractivity contribution is -0.122. The van der Waals surface area contributed by atoms with Crippen molar-refractivity contribution in [2.24, 2.45) is 5.92 Å². The van der Waals surface area contributed by atoms with Gasteiger partial charge < -0.3 is 0 Å². The van der Waals surface area contributed by atoms with E-state index in [4.69, 9.17) is 0 Å². The highest BCUT2D eigenvalue weighted by Gasteiger charge is 2.52. The molecule has 2 aliphatic heterocycles. The third-order valence-electron chi connectivity index (χ3n) is 4.88. The number of ketones is 1. The predicted molar refractivity (Wildman–Crippen MR) is 82.4 cm³/mol. The Morgan fingerprint density at radius 1 is 1.21 bits per heavy atom. The molecule has 0 N–H and O–H groups in total. The van der Waals surface area contributed by atoms with Crippen LogP contribution < -0.4 is 5.30 Å². The van der Waals surface area contributed by atoms with Crippen molar-refractivity contribution in [1.82, 2.24) is 0 Å². The minimum absolute atomic E-state index is 0.203. The molecular formula is C17H21OP. The molecule has 1 aromatic carbocycles. The SMILES string of the molecule is CCC(=O)[C@@H]1C[C@@H]2C(C)=C(C)[C@H]1[P@]2c1ccccc1. The molecule has 0 spiro atoms. The van der Waals surface area contributed by atoms with E-state index in [0.29, 0.717) is 29.4 Å². The Morgan fingerprint density at radius 3 is 2.53 bits per heavy atom. The van der Waals surface area contributed by atoms with E-state index in [0.717, 1.165) is 6.42 Å². The van der Waals surface area contributed by atoms with Gasteiger partial charge in [-0.25, -0.2) is 0 Å². The van der Waals surface area contributed by atoms with E-state index >= 15 is 0 Å². The van der Waals surface area contributed by atoms with Crippen LogP contribution in [-0.2, 0) is 4.79 Å². The quantitative estimate of drug-likeness (QED) is 0.603. The smallest absolute Gasteiger partial charge is 0.136 e. The fraction of sp³-hybridized carbons (Fsp3) is 0.471. The largest absolute Gasteiger partial charge is 0.299 e. The maximum atomic E-state index is 12.2. The number of allylic oxidation sites excluding steroid dienone is 2. The van der Waals surface area contributed by atoms with Crippen LogP contribution >= 0.6 is 7.92 Å². The second kappa shape index (κ2) is 4.87. The molecule has 3 rings (SSSR count). The van der Waals surface area contributed by atoms with Gasteiger partial charge in [0.2, 0.25) is 0 Å². The number of hydrogen-bond acceptors (Lipinski definition) is 1. The monoisotopic (exact) mass is 272 g/mol. The van der Waals surface area contributed by atoms with Gasteiger partial charge in [-0.2, -0.15) is 0 Å². The maximum absolute atomic E-state index is 12.2. The summed E-state index contributed by atoms with van der Waals surface area (Å²) in [6.45, 7) is 6.54. The van der Waals surface area contributed by atoms with Crippen molar-refractivity contribution in [3.05, 3.63) is 41.5 Å². The number of benzene rings is 1. The molecule has 2 heterocycles. The average Bonchev–Trinajstić information content (AvgIpc) is 2.94. The molecule has 0 aromatic heterocycles. The molecule has 1 fully saturated rings. The minimum Gasteiger partial charge on any atom is -0.299 e. The molecule has 19 heavy (non-hydrogen) atoms. The number of hydrogen-bond donors (Lipinski definition) is 0. The first-order valence-electron chi connectivity index (χ1n) is 7.18. The zero-order chi connectivity index (χ0) is 13.6. The molecule has 0 amide bonds. The Kier molecular flexibility index (Phi) is 3.35. The summed E-state index contributed by atoms with van der Waals surface area (Å²) in [5, 5.41) is 1.48. The van der Waals surface area contributed by atoms with Crippen LogP contribution in [0.2, 0.25) is 0 Å². The van der Waals surface area contributed by atoms with Crippen molar-refractivity contribution < 1.29 is 4.79 Å². The molecule has 1 saturated heterocycles. The van der Waals surface area contributed by atoms with Gasteiger partial charge in [0.05, 0.1) is 0 Å². The third-order valence-corrected chi connectivity index (χ3v) is 8.39. The Labute approximate surface area is 116 Å². The fourth-order valence-corrected chi connectivity index (χ4v) is 7.73. The maximum Gasteiger partial charge on any atom is 0.136 e. The van der Waals surface area contributed by atoms with Gasteiger partial charge in [0.25, 0.3) is 0 Å². The fourth-order valence-electron chi connectivity index (χ4n) is 3.77. The summed E-state index contributed by atoms with van der Waals surface area (Å²) in [7, 11) is -0.203. The van der Waals surface area contributed by atoms with Gasteiger partial charge in [-0.1, -0.05) is 56.3 Å². The van der Waals surface area contributed by atoms with Gasteiger partial charge >= 0.3 is 0 Å². The Bertz CT molecular complexity index is 531. The van der Waals surface area contributed by atoms with Crippen LogP contribution in [0.4, 0.5) is 0 Å². The van der Waals surface area contributed by atoms with E-state index in [1.54, 1.807) is 5.57 Å². The highest BCUT2D eigenvalue weighted by molar-refractivity contribution is 7.68. The van der Waals surface area contributed by atoms with E-state index in [1.807, 2.05) is 6.92 Å². The van der Waals surface area contributed by atoms with E-state index in [9.17, 15) is 4.79 Å². The summed E-state index contributed by atoms with van der Waals surface area (Å²) in [4.78, 5) is 12.2. The topological polar surface area (TPSA) is 17.1 Å². The predicted octanol–water partition coefficient (Wildman–Crippen LogP) is 3.88. The standard InChI is InChI=1S/C17H21OP/c1-4-15(18)14-10-16-11(2)12(3)17(14)19(16)13-8-6-5-7-9-13/h5-9,14,16-17H,4,10H2,1-3H3/t14-,16+,17+,19+/m0/s1. The van der Waals surface area contributed by atoms with E-state index < -0.39 is 0 Å². The van der Waals surface area contributed by atoms with Crippen molar-refractivity contribution in [2.75, 3.05) is 0 Å². The van der Waals surface area contributed by atoms with E-state index in [1.165, 1.54) is 10.9 Å². The van der Waals surface area contributed by atoms with Crippen LogP contribution in [0.5, 0.6) is 0 Å². The van der Waals surface area contributed by atoms with E-state index in [-0.39, 0.29) is 7.92 Å². The van der Waals surface area contributed by atoms with Crippen molar-refractivity contribution in [3.8, 4) is 0 Å². The van der Waals surface area contributed by atoms with Gasteiger partial charge in [-0.15, -0.1) is 0 Å². The Morgan fingerprint density at radius 2 is 1.89 bits per heavy atom. The van der Waals surface area contributed by atoms with Crippen LogP contribution in [0.25, 0.3) is 0 Å². The molecule has 4 atom stereocenters. The lowest BCUT2D eigenvalue weighted by Crippen LogP contribution is -2.26. The van der Waals surface area contributed by atoms with Crippen LogP contribution in [0.3, 0.4) is 0 Å². The molecule has 100 valence electrons. The summed E-state index contributed by atoms with van der Waals surface area (Å²) in [6.07, 6.45) is 1.79. The van der Waals surface area contributed by atoms with Crippen molar-refractivity contribution in [1.29, 1.82) is 0 Å². The number of fused-ring (bicyclic) bond motifs is 2. The molecule has 1 aromatic rings. The third kappa shape index (κ3) is 1.91. The number of Topliss-reactive ketones (excluding diaryl/α,β-unsaturated/α-hetero) is 1. The summed E-state index contributed by atoms with van der Waals surface area (Å²) in [6, 6.07) is 10.9. The molecule has 2 bridgehead atoms. The molecule has 0 aliphatic carbocycles. The molecule has 0 saturated carbocycles. The molecule has 0 unspecified atom stereocenters. The highest BCUT2D eigenvalue weighted by Crippen LogP contribution is 2.67. The number of carbonyl (C=O) groups is 1. The summed E-state index contributed by atoms with van der Waals surface area (Å²) in [5.74, 6) is 0.771. The first-order chi connectivity index (χ1) is 9.15. The molecule has 1 nitrogen and oxygen atoms in total. The first-order valence-corrected chi connectivity index (χ1v) is 8.66. The van der Waals surface area contributed by atoms with Gasteiger partial charge in [-0.3, -0.25) is 4.79 Å². The lowest BCUT2D eigenvalue weighted by atomic mass is 9.82. The van der Waals surface area contributed by atoms with Crippen LogP contribution in [0.1, 0.15) is 33.6 Å². The van der Waals surface area contributed by atoms with Crippen molar-refractivity contribution >= 4 is 19.0 Å². The normalized spacial score (nSPS) is 33.0. The van der Waals surface area contributed by atoms with Gasteiger partial charge in [0, 0.05) is 23.7 Å². The Balaban J connectivity index is 1.99. The van der Waals surface area contributed by atoms with Crippen LogP contribution in [-0.4, -0.2) is 17.1 Å². The van der Waals surface area contributed by atoms with E-state index in [2.05, 4.69) is 44.2 Å². The van der Waals surface area contributed by atoms with Crippen molar-refractivity contribution in [2.45, 2.75) is 44.9 Å². The van der Waals surface area contributed by atoms with Crippen LogP contribution in [0, 0.1) is 5.92 Å². The van der Waals surface area contributed by atoms with Gasteiger partial charge in [0.1, 0.15) is 5.78 Å². The second-order valence-corrected chi connectivity index (χ2v) is 8.24. The average molecular weight is 272 g/mol. The lowest BCUT2D eigenvalue weighted by Gasteiger charge is -2.23. The molecule has 2 aliphatic rings. The number of rotatable bonds is 3. The first kappa shape index (κ1) is 13.1. The number of carbonyl (C=O) groups excluding carboxylic acids is 1. The van der Waals surface area contributed by atoms with Crippen molar-refractivity contribution in [3.63, 3.8) is 0 Å². The molecule has 0 radical (unpaired) electrons. The summed E-state index contributed by atoms with van der Waals surface area (Å²) >= 11 is 0. The zero-order valence-corrected chi connectivity index (χ0v) is 12.8. The van der Waals surface area contributed by atoms with Gasteiger partial charge in [-0.05, 0) is 25.6 Å². The Hall–Kier alpha value is -0.940. The van der Waals surface area contributed by atoms with Crippen LogP contribution in [0.15, 0.2) is 41.5 Å². The minimum atomic E-state index is -0.203. The highest BCUT2D eigenvalue weighted by atomic mass is 31.1. The second-order valence-electron chi connectivity index (χ2n) is 5.73. The molecule has 2 heteroatoms. The molecular weight excluding hydrogens is 251 g/mol. The summed E-state index contributed by atoms with van der Waals surface area (Å²) in [5.41, 5.74) is 4.26. The zero-order valence-electron chi connectivity index (χ0n) is 11.9. The van der Waals surface area contributed by atoms with Gasteiger partial charge in [0.15, 0.2) is 0 Å².